The molecular weight excluding hydrogens is 346 g/mol. The van der Waals surface area contributed by atoms with Crippen LogP contribution in [0.25, 0.3) is 0 Å². The van der Waals surface area contributed by atoms with E-state index in [1.54, 1.807) is 5.48 Å². The molecule has 0 fully saturated rings. The first kappa shape index (κ1) is 22.8. The Morgan fingerprint density at radius 2 is 1.67 bits per heavy atom. The van der Waals surface area contributed by atoms with Gasteiger partial charge in [0.25, 0.3) is 0 Å². The van der Waals surface area contributed by atoms with Crippen molar-refractivity contribution in [3.05, 3.63) is 35.9 Å². The van der Waals surface area contributed by atoms with Crippen LogP contribution >= 0.6 is 0 Å². The fraction of sp³-hybridized carbons (Fsp3) is 0.550. The maximum atomic E-state index is 13.2. The van der Waals surface area contributed by atoms with Gasteiger partial charge in [0.05, 0.1) is 12.6 Å². The lowest BCUT2D eigenvalue weighted by atomic mass is 9.91. The van der Waals surface area contributed by atoms with Gasteiger partial charge in [-0.05, 0) is 23.8 Å². The van der Waals surface area contributed by atoms with Gasteiger partial charge in [-0.15, -0.1) is 0 Å². The van der Waals surface area contributed by atoms with Gasteiger partial charge in [-0.1, -0.05) is 58.0 Å². The first-order chi connectivity index (χ1) is 12.7. The minimum Gasteiger partial charge on any atom is -0.320 e. The van der Waals surface area contributed by atoms with Crippen LogP contribution in [-0.2, 0) is 20.9 Å². The Hall–Kier alpha value is -2.25. The van der Waals surface area contributed by atoms with Crippen molar-refractivity contribution in [2.24, 2.45) is 23.5 Å². The second kappa shape index (κ2) is 10.8. The number of imide groups is 1. The van der Waals surface area contributed by atoms with Crippen molar-refractivity contribution in [1.82, 2.24) is 10.4 Å². The van der Waals surface area contributed by atoms with Gasteiger partial charge in [0.15, 0.2) is 0 Å². The summed E-state index contributed by atoms with van der Waals surface area (Å²) in [5.41, 5.74) is 8.38. The molecule has 0 aromatic heterocycles. The summed E-state index contributed by atoms with van der Waals surface area (Å²) >= 11 is 0. The molecule has 0 aliphatic heterocycles. The Morgan fingerprint density at radius 1 is 1.07 bits per heavy atom. The molecule has 7 nitrogen and oxygen atoms in total. The van der Waals surface area contributed by atoms with Gasteiger partial charge in [0.1, 0.15) is 0 Å². The number of nitrogens with zero attached hydrogens (tertiary/aromatic N) is 1. The molecule has 0 saturated heterocycles. The molecular formula is C20H31N3O4. The molecule has 27 heavy (non-hydrogen) atoms. The maximum Gasteiger partial charge on any atom is 0.246 e. The molecule has 0 bridgehead atoms. The molecule has 150 valence electrons. The molecule has 1 aromatic rings. The van der Waals surface area contributed by atoms with Gasteiger partial charge < -0.3 is 5.73 Å². The van der Waals surface area contributed by atoms with Crippen LogP contribution in [0, 0.1) is 17.8 Å². The maximum absolute atomic E-state index is 13.2. The van der Waals surface area contributed by atoms with Crippen LogP contribution in [-0.4, -0.2) is 33.9 Å². The van der Waals surface area contributed by atoms with E-state index in [0.29, 0.717) is 6.42 Å². The number of hydrogen-bond donors (Lipinski definition) is 3. The highest BCUT2D eigenvalue weighted by molar-refractivity contribution is 5.99. The summed E-state index contributed by atoms with van der Waals surface area (Å²) in [5.74, 6) is -2.28. The molecule has 0 spiro atoms. The van der Waals surface area contributed by atoms with Crippen LogP contribution in [0.4, 0.5) is 0 Å². The molecule has 0 aliphatic rings. The Bertz CT molecular complexity index is 631. The third-order valence-corrected chi connectivity index (χ3v) is 4.38. The van der Waals surface area contributed by atoms with Gasteiger partial charge in [0.2, 0.25) is 17.7 Å². The van der Waals surface area contributed by atoms with Crippen molar-refractivity contribution < 1.29 is 19.6 Å². The molecule has 7 heteroatoms. The molecule has 0 heterocycles. The summed E-state index contributed by atoms with van der Waals surface area (Å²) in [7, 11) is 0. The Kier molecular flexibility index (Phi) is 9.11. The van der Waals surface area contributed by atoms with Crippen LogP contribution in [0.3, 0.4) is 0 Å². The highest BCUT2D eigenvalue weighted by Gasteiger charge is 2.34. The van der Waals surface area contributed by atoms with E-state index >= 15 is 0 Å². The topological polar surface area (TPSA) is 113 Å². The summed E-state index contributed by atoms with van der Waals surface area (Å²) in [4.78, 5) is 38.9. The van der Waals surface area contributed by atoms with Crippen molar-refractivity contribution >= 4 is 17.7 Å². The van der Waals surface area contributed by atoms with Crippen molar-refractivity contribution in [2.75, 3.05) is 0 Å². The van der Waals surface area contributed by atoms with E-state index in [2.05, 4.69) is 0 Å². The molecule has 0 saturated carbocycles. The van der Waals surface area contributed by atoms with Gasteiger partial charge in [-0.25, -0.2) is 5.48 Å². The zero-order valence-electron chi connectivity index (χ0n) is 16.5. The fourth-order valence-electron chi connectivity index (χ4n) is 2.83. The summed E-state index contributed by atoms with van der Waals surface area (Å²) in [6, 6.07) is 8.35. The second-order valence-electron chi connectivity index (χ2n) is 7.58. The van der Waals surface area contributed by atoms with E-state index in [9.17, 15) is 14.4 Å². The highest BCUT2D eigenvalue weighted by Crippen LogP contribution is 2.21. The molecule has 0 aliphatic carbocycles. The van der Waals surface area contributed by atoms with E-state index in [-0.39, 0.29) is 24.8 Å². The highest BCUT2D eigenvalue weighted by atomic mass is 16.5. The number of rotatable bonds is 9. The van der Waals surface area contributed by atoms with Crippen molar-refractivity contribution in [1.29, 1.82) is 0 Å². The zero-order chi connectivity index (χ0) is 20.6. The van der Waals surface area contributed by atoms with Crippen molar-refractivity contribution in [3.63, 3.8) is 0 Å². The van der Waals surface area contributed by atoms with Crippen LogP contribution < -0.4 is 11.2 Å². The van der Waals surface area contributed by atoms with Gasteiger partial charge in [0, 0.05) is 12.3 Å². The largest absolute Gasteiger partial charge is 0.320 e. The predicted molar refractivity (Wildman–Crippen MR) is 102 cm³/mol. The number of amides is 3. The smallest absolute Gasteiger partial charge is 0.246 e. The van der Waals surface area contributed by atoms with Crippen LogP contribution in [0.2, 0.25) is 0 Å². The zero-order valence-corrected chi connectivity index (χ0v) is 16.5. The third kappa shape index (κ3) is 7.11. The molecule has 2 atom stereocenters. The van der Waals surface area contributed by atoms with E-state index < -0.39 is 29.7 Å². The first-order valence-electron chi connectivity index (χ1n) is 9.25. The van der Waals surface area contributed by atoms with Gasteiger partial charge >= 0.3 is 0 Å². The molecule has 4 N–H and O–H groups in total. The lowest BCUT2D eigenvalue weighted by molar-refractivity contribution is -0.151. The number of carbonyl (C=O) groups is 3. The number of nitrogens with two attached hydrogens (primary N) is 1. The molecule has 3 amide bonds. The van der Waals surface area contributed by atoms with Crippen molar-refractivity contribution in [3.8, 4) is 0 Å². The van der Waals surface area contributed by atoms with E-state index in [1.165, 1.54) is 0 Å². The van der Waals surface area contributed by atoms with E-state index in [1.807, 2.05) is 58.0 Å². The quantitative estimate of drug-likeness (QED) is 0.450. The average molecular weight is 377 g/mol. The number of hydroxylamine groups is 1. The van der Waals surface area contributed by atoms with Crippen LogP contribution in [0.1, 0.15) is 46.1 Å². The Morgan fingerprint density at radius 3 is 2.15 bits per heavy atom. The SMILES string of the molecule is CC(C)CC(CC(=O)NO)C(=O)N(Cc1ccccc1)C(=O)[C@@H](N)C(C)C. The Labute approximate surface area is 160 Å². The lowest BCUT2D eigenvalue weighted by Crippen LogP contribution is -2.50. The normalized spacial score (nSPS) is 13.3. The monoisotopic (exact) mass is 377 g/mol. The number of nitrogens with one attached hydrogen (secondary N) is 1. The standard InChI is InChI=1S/C20H31N3O4/c1-13(2)10-16(11-17(24)22-27)19(25)23(20(26)18(21)14(3)4)12-15-8-6-5-7-9-15/h5-9,13-14,16,18,27H,10-12,21H2,1-4H3,(H,22,24)/t16?,18-/m0/s1. The van der Waals surface area contributed by atoms with Crippen molar-refractivity contribution in [2.45, 2.75) is 53.1 Å². The molecule has 1 unspecified atom stereocenters. The Balaban J connectivity index is 3.17. The minimum absolute atomic E-state index is 0.0915. The van der Waals surface area contributed by atoms with Gasteiger partial charge in [-0.3, -0.25) is 24.5 Å². The van der Waals surface area contributed by atoms with E-state index in [0.717, 1.165) is 10.5 Å². The summed E-state index contributed by atoms with van der Waals surface area (Å²) in [6.07, 6.45) is 0.227. The predicted octanol–water partition coefficient (Wildman–Crippen LogP) is 2.08. The summed E-state index contributed by atoms with van der Waals surface area (Å²) in [5, 5.41) is 8.83. The second-order valence-corrected chi connectivity index (χ2v) is 7.58. The van der Waals surface area contributed by atoms with Gasteiger partial charge in [-0.2, -0.15) is 0 Å². The van der Waals surface area contributed by atoms with Crippen LogP contribution in [0.5, 0.6) is 0 Å². The average Bonchev–Trinajstić information content (AvgIpc) is 2.64. The number of benzene rings is 1. The number of carbonyl (C=O) groups excluding carboxylic acids is 3. The summed E-state index contributed by atoms with van der Waals surface area (Å²) in [6.45, 7) is 7.59. The fourth-order valence-corrected chi connectivity index (χ4v) is 2.83. The molecule has 0 radical (unpaired) electrons. The molecule has 1 aromatic carbocycles. The first-order valence-corrected chi connectivity index (χ1v) is 9.25. The van der Waals surface area contributed by atoms with E-state index in [4.69, 9.17) is 10.9 Å². The van der Waals surface area contributed by atoms with Crippen LogP contribution in [0.15, 0.2) is 30.3 Å². The lowest BCUT2D eigenvalue weighted by Gasteiger charge is -2.29. The number of hydrogen-bond acceptors (Lipinski definition) is 5. The molecule has 1 rings (SSSR count). The third-order valence-electron chi connectivity index (χ3n) is 4.38. The summed E-state index contributed by atoms with van der Waals surface area (Å²) < 4.78 is 0. The minimum atomic E-state index is -0.816.